The number of hydrogen-bond donors (Lipinski definition) is 2. The van der Waals surface area contributed by atoms with Crippen molar-refractivity contribution in [2.24, 2.45) is 5.92 Å². The first-order valence-electron chi connectivity index (χ1n) is 6.45. The molecule has 1 amide bonds. The molecule has 4 nitrogen and oxygen atoms in total. The number of aromatic hydroxyl groups is 1. The number of hydrogen-bond acceptors (Lipinski definition) is 3. The lowest BCUT2D eigenvalue weighted by molar-refractivity contribution is 0.0538. The van der Waals surface area contributed by atoms with E-state index in [-0.39, 0.29) is 17.7 Å². The molecule has 104 valence electrons. The summed E-state index contributed by atoms with van der Waals surface area (Å²) in [4.78, 5) is 12.1. The molecule has 1 heterocycles. The first kappa shape index (κ1) is 14.2. The van der Waals surface area contributed by atoms with Gasteiger partial charge in [-0.25, -0.2) is 0 Å². The third kappa shape index (κ3) is 3.61. The Hall–Kier alpha value is -1.26. The minimum absolute atomic E-state index is 0.0354. The zero-order valence-corrected chi connectivity index (χ0v) is 11.6. The van der Waals surface area contributed by atoms with E-state index < -0.39 is 0 Å². The maximum Gasteiger partial charge on any atom is 0.253 e. The van der Waals surface area contributed by atoms with Gasteiger partial charge in [-0.3, -0.25) is 4.79 Å². The van der Waals surface area contributed by atoms with E-state index in [0.29, 0.717) is 16.5 Å². The third-order valence-corrected chi connectivity index (χ3v) is 3.86. The van der Waals surface area contributed by atoms with Crippen LogP contribution < -0.4 is 5.32 Å². The highest BCUT2D eigenvalue weighted by molar-refractivity contribution is 6.33. The number of carbonyl (C=O) groups excluding carboxylic acids is 1. The highest BCUT2D eigenvalue weighted by atomic mass is 35.5. The lowest BCUT2D eigenvalue weighted by atomic mass is 9.93. The van der Waals surface area contributed by atoms with Gasteiger partial charge in [-0.05, 0) is 43.9 Å². The van der Waals surface area contributed by atoms with Crippen molar-refractivity contribution in [3.05, 3.63) is 28.8 Å². The highest BCUT2D eigenvalue weighted by Gasteiger charge is 2.23. The predicted molar refractivity (Wildman–Crippen MR) is 73.6 cm³/mol. The SMILES string of the molecule is CC(NC(=O)c1cc(O)ccc1Cl)C1CCOCC1. The van der Waals surface area contributed by atoms with Crippen LogP contribution in [0.15, 0.2) is 18.2 Å². The van der Waals surface area contributed by atoms with Gasteiger partial charge in [0.05, 0.1) is 10.6 Å². The molecule has 0 aromatic heterocycles. The molecule has 0 saturated carbocycles. The maximum atomic E-state index is 12.1. The first-order chi connectivity index (χ1) is 9.08. The molecule has 1 aromatic rings. The van der Waals surface area contributed by atoms with Crippen molar-refractivity contribution in [1.82, 2.24) is 5.32 Å². The Morgan fingerprint density at radius 1 is 1.47 bits per heavy atom. The second-order valence-corrected chi connectivity index (χ2v) is 5.28. The average Bonchev–Trinajstić information content (AvgIpc) is 2.42. The Bertz CT molecular complexity index is 458. The number of nitrogens with one attached hydrogen (secondary N) is 1. The van der Waals surface area contributed by atoms with Gasteiger partial charge in [0.1, 0.15) is 5.75 Å². The number of carbonyl (C=O) groups is 1. The molecule has 5 heteroatoms. The van der Waals surface area contributed by atoms with Gasteiger partial charge in [0.25, 0.3) is 5.91 Å². The Morgan fingerprint density at radius 3 is 2.84 bits per heavy atom. The molecule has 0 spiro atoms. The summed E-state index contributed by atoms with van der Waals surface area (Å²) in [5.41, 5.74) is 0.306. The van der Waals surface area contributed by atoms with Crippen molar-refractivity contribution in [3.8, 4) is 5.75 Å². The van der Waals surface area contributed by atoms with E-state index >= 15 is 0 Å². The fraction of sp³-hybridized carbons (Fsp3) is 0.500. The van der Waals surface area contributed by atoms with E-state index in [1.807, 2.05) is 6.92 Å². The quantitative estimate of drug-likeness (QED) is 0.896. The summed E-state index contributed by atoms with van der Waals surface area (Å²) < 4.78 is 5.31. The Kier molecular flexibility index (Phi) is 4.66. The van der Waals surface area contributed by atoms with Crippen LogP contribution in [0.25, 0.3) is 0 Å². The first-order valence-corrected chi connectivity index (χ1v) is 6.83. The molecule has 1 fully saturated rings. The maximum absolute atomic E-state index is 12.1. The number of phenols is 1. The lowest BCUT2D eigenvalue weighted by Crippen LogP contribution is -2.40. The van der Waals surface area contributed by atoms with Crippen molar-refractivity contribution < 1.29 is 14.6 Å². The minimum Gasteiger partial charge on any atom is -0.508 e. The number of ether oxygens (including phenoxy) is 1. The predicted octanol–water partition coefficient (Wildman–Crippen LogP) is 2.59. The standard InChI is InChI=1S/C14H18ClNO3/c1-9(10-4-6-19-7-5-10)16-14(18)12-8-11(17)2-3-13(12)15/h2-3,8-10,17H,4-7H2,1H3,(H,16,18). The fourth-order valence-electron chi connectivity index (χ4n) is 2.31. The lowest BCUT2D eigenvalue weighted by Gasteiger charge is -2.28. The van der Waals surface area contributed by atoms with Crippen molar-refractivity contribution in [2.45, 2.75) is 25.8 Å². The molecule has 0 aliphatic carbocycles. The molecule has 1 aliphatic heterocycles. The fourth-order valence-corrected chi connectivity index (χ4v) is 2.51. The van der Waals surface area contributed by atoms with Gasteiger partial charge >= 0.3 is 0 Å². The van der Waals surface area contributed by atoms with Gasteiger partial charge in [-0.1, -0.05) is 11.6 Å². The zero-order chi connectivity index (χ0) is 13.8. The van der Waals surface area contributed by atoms with Crippen LogP contribution in [0.4, 0.5) is 0 Å². The Labute approximate surface area is 117 Å². The van der Waals surface area contributed by atoms with E-state index in [4.69, 9.17) is 16.3 Å². The van der Waals surface area contributed by atoms with Gasteiger partial charge in [0, 0.05) is 19.3 Å². The average molecular weight is 284 g/mol. The summed E-state index contributed by atoms with van der Waals surface area (Å²) in [5.74, 6) is 0.210. The number of amides is 1. The van der Waals surface area contributed by atoms with Gasteiger partial charge in [-0.15, -0.1) is 0 Å². The van der Waals surface area contributed by atoms with Crippen LogP contribution in [0.2, 0.25) is 5.02 Å². The molecule has 19 heavy (non-hydrogen) atoms. The Morgan fingerprint density at radius 2 is 2.16 bits per heavy atom. The molecular weight excluding hydrogens is 266 g/mol. The van der Waals surface area contributed by atoms with Crippen molar-refractivity contribution in [1.29, 1.82) is 0 Å². The largest absolute Gasteiger partial charge is 0.508 e. The number of phenolic OH excluding ortho intramolecular Hbond substituents is 1. The van der Waals surface area contributed by atoms with E-state index in [2.05, 4.69) is 5.32 Å². The number of rotatable bonds is 3. The summed E-state index contributed by atoms with van der Waals surface area (Å²) >= 11 is 5.97. The summed E-state index contributed by atoms with van der Waals surface area (Å²) in [6.07, 6.45) is 1.91. The second kappa shape index (κ2) is 6.26. The van der Waals surface area contributed by atoms with Gasteiger partial charge in [-0.2, -0.15) is 0 Å². The van der Waals surface area contributed by atoms with Crippen molar-refractivity contribution in [3.63, 3.8) is 0 Å². The monoisotopic (exact) mass is 283 g/mol. The molecule has 1 atom stereocenters. The van der Waals surface area contributed by atoms with Crippen LogP contribution in [-0.2, 0) is 4.74 Å². The third-order valence-electron chi connectivity index (χ3n) is 3.53. The minimum atomic E-state index is -0.250. The summed E-state index contributed by atoms with van der Waals surface area (Å²) in [5, 5.41) is 12.7. The van der Waals surface area contributed by atoms with Crippen molar-refractivity contribution >= 4 is 17.5 Å². The molecule has 2 rings (SSSR count). The van der Waals surface area contributed by atoms with Crippen molar-refractivity contribution in [2.75, 3.05) is 13.2 Å². The topological polar surface area (TPSA) is 58.6 Å². The molecule has 0 radical (unpaired) electrons. The molecule has 1 aliphatic rings. The van der Waals surface area contributed by atoms with E-state index in [1.165, 1.54) is 18.2 Å². The van der Waals surface area contributed by atoms with Crippen LogP contribution in [0.5, 0.6) is 5.75 Å². The molecule has 1 aromatic carbocycles. The van der Waals surface area contributed by atoms with Crippen LogP contribution >= 0.6 is 11.6 Å². The Balaban J connectivity index is 2.01. The summed E-state index contributed by atoms with van der Waals surface area (Å²) in [7, 11) is 0. The van der Waals surface area contributed by atoms with Crippen LogP contribution in [-0.4, -0.2) is 30.3 Å². The number of benzene rings is 1. The van der Waals surface area contributed by atoms with E-state index in [0.717, 1.165) is 26.1 Å². The van der Waals surface area contributed by atoms with Gasteiger partial charge in [0.15, 0.2) is 0 Å². The summed E-state index contributed by atoms with van der Waals surface area (Å²) in [6, 6.07) is 4.43. The van der Waals surface area contributed by atoms with Crippen LogP contribution in [0.1, 0.15) is 30.1 Å². The second-order valence-electron chi connectivity index (χ2n) is 4.88. The van der Waals surface area contributed by atoms with E-state index in [9.17, 15) is 9.90 Å². The number of halogens is 1. The molecule has 1 unspecified atom stereocenters. The smallest absolute Gasteiger partial charge is 0.253 e. The van der Waals surface area contributed by atoms with Gasteiger partial charge < -0.3 is 15.2 Å². The molecule has 2 N–H and O–H groups in total. The molecular formula is C14H18ClNO3. The summed E-state index contributed by atoms with van der Waals surface area (Å²) in [6.45, 7) is 3.49. The van der Waals surface area contributed by atoms with Crippen LogP contribution in [0, 0.1) is 5.92 Å². The molecule has 0 bridgehead atoms. The highest BCUT2D eigenvalue weighted by Crippen LogP contribution is 2.23. The normalized spacial score (nSPS) is 18.0. The zero-order valence-electron chi connectivity index (χ0n) is 10.9. The van der Waals surface area contributed by atoms with Gasteiger partial charge in [0.2, 0.25) is 0 Å². The molecule has 1 saturated heterocycles. The van der Waals surface area contributed by atoms with E-state index in [1.54, 1.807) is 0 Å². The van der Waals surface area contributed by atoms with Crippen LogP contribution in [0.3, 0.4) is 0 Å².